The lowest BCUT2D eigenvalue weighted by atomic mass is 10.1. The molecule has 2 aromatic rings. The van der Waals surface area contributed by atoms with Gasteiger partial charge in [-0.05, 0) is 67.7 Å². The van der Waals surface area contributed by atoms with Gasteiger partial charge in [0.05, 0.1) is 12.2 Å². The minimum atomic E-state index is -0.299. The molecule has 1 amide bonds. The van der Waals surface area contributed by atoms with Gasteiger partial charge < -0.3 is 10.1 Å². The summed E-state index contributed by atoms with van der Waals surface area (Å²) in [4.78, 5) is 13.6. The van der Waals surface area contributed by atoms with E-state index in [1.807, 2.05) is 6.92 Å². The summed E-state index contributed by atoms with van der Waals surface area (Å²) in [6, 6.07) is 9.17. The molecule has 0 atom stereocenters. The number of anilines is 1. The number of hydrogen-bond acceptors (Lipinski definition) is 5. The summed E-state index contributed by atoms with van der Waals surface area (Å²) < 4.78 is 5.51. The highest BCUT2D eigenvalue weighted by molar-refractivity contribution is 7.80. The van der Waals surface area contributed by atoms with Crippen LogP contribution in [0, 0.1) is 11.3 Å². The Bertz CT molecular complexity index is 866. The first-order chi connectivity index (χ1) is 12.6. The molecule has 0 spiro atoms. The van der Waals surface area contributed by atoms with Crippen LogP contribution in [0.5, 0.6) is 5.75 Å². The molecule has 7 heteroatoms. The number of benzene rings is 1. The lowest BCUT2D eigenvalue weighted by Crippen LogP contribution is -2.34. The molecule has 26 heavy (non-hydrogen) atoms. The van der Waals surface area contributed by atoms with Crippen molar-refractivity contribution < 1.29 is 9.53 Å². The summed E-state index contributed by atoms with van der Waals surface area (Å²) in [6.45, 7) is 2.68. The minimum absolute atomic E-state index is 0.192. The van der Waals surface area contributed by atoms with Gasteiger partial charge in [0.2, 0.25) is 0 Å². The standard InChI is InChI=1S/C19H19N3O2S2/c1-2-10-24-13-8-6-12(7-9-13)17(23)21-19(25)22-18-15(11-20)14-4-3-5-16(14)26-18/h6-9H,2-5,10H2,1H3,(H2,21,22,23,25). The molecule has 0 radical (unpaired) electrons. The fraction of sp³-hybridized carbons (Fsp3) is 0.316. The quantitative estimate of drug-likeness (QED) is 0.761. The number of hydrogen-bond donors (Lipinski definition) is 2. The largest absolute Gasteiger partial charge is 0.494 e. The van der Waals surface area contributed by atoms with E-state index in [1.54, 1.807) is 35.6 Å². The van der Waals surface area contributed by atoms with E-state index in [2.05, 4.69) is 16.7 Å². The van der Waals surface area contributed by atoms with E-state index >= 15 is 0 Å². The molecule has 0 aliphatic heterocycles. The molecular weight excluding hydrogens is 366 g/mol. The molecule has 0 unspecified atom stereocenters. The van der Waals surface area contributed by atoms with E-state index in [0.29, 0.717) is 22.7 Å². The zero-order valence-corrected chi connectivity index (χ0v) is 16.1. The maximum absolute atomic E-state index is 12.3. The lowest BCUT2D eigenvalue weighted by molar-refractivity contribution is 0.0977. The van der Waals surface area contributed by atoms with Crippen LogP contribution in [0.4, 0.5) is 5.00 Å². The summed E-state index contributed by atoms with van der Waals surface area (Å²) in [6.07, 6.45) is 3.96. The molecule has 0 fully saturated rings. The summed E-state index contributed by atoms with van der Waals surface area (Å²) in [5.74, 6) is 0.433. The molecule has 3 rings (SSSR count). The van der Waals surface area contributed by atoms with E-state index in [1.165, 1.54) is 4.88 Å². The van der Waals surface area contributed by atoms with Crippen molar-refractivity contribution in [1.82, 2.24) is 5.32 Å². The van der Waals surface area contributed by atoms with Crippen LogP contribution < -0.4 is 15.4 Å². The predicted molar refractivity (Wildman–Crippen MR) is 107 cm³/mol. The molecule has 5 nitrogen and oxygen atoms in total. The van der Waals surface area contributed by atoms with Crippen molar-refractivity contribution in [3.8, 4) is 11.8 Å². The molecule has 1 aliphatic rings. The third-order valence-electron chi connectivity index (χ3n) is 4.08. The van der Waals surface area contributed by atoms with Crippen LogP contribution in [0.3, 0.4) is 0 Å². The van der Waals surface area contributed by atoms with E-state index in [0.717, 1.165) is 37.0 Å². The van der Waals surface area contributed by atoms with Gasteiger partial charge in [0, 0.05) is 10.4 Å². The number of ether oxygens (including phenoxy) is 1. The third-order valence-corrected chi connectivity index (χ3v) is 5.49. The predicted octanol–water partition coefficient (Wildman–Crippen LogP) is 4.02. The molecule has 1 aromatic heterocycles. The normalized spacial score (nSPS) is 12.2. The van der Waals surface area contributed by atoms with Gasteiger partial charge in [0.15, 0.2) is 5.11 Å². The number of aryl methyl sites for hydroxylation is 1. The number of nitrogens with zero attached hydrogens (tertiary/aromatic N) is 1. The van der Waals surface area contributed by atoms with Crippen LogP contribution in [0.25, 0.3) is 0 Å². The number of thiophene rings is 1. The van der Waals surface area contributed by atoms with Crippen molar-refractivity contribution in [2.45, 2.75) is 32.6 Å². The Kier molecular flexibility index (Phi) is 5.86. The maximum atomic E-state index is 12.3. The molecule has 0 saturated carbocycles. The summed E-state index contributed by atoms with van der Waals surface area (Å²) in [7, 11) is 0. The van der Waals surface area contributed by atoms with Gasteiger partial charge in [-0.3, -0.25) is 10.1 Å². The van der Waals surface area contributed by atoms with Crippen LogP contribution in [-0.4, -0.2) is 17.6 Å². The Hall–Kier alpha value is -2.43. The van der Waals surface area contributed by atoms with Crippen LogP contribution in [0.1, 0.15) is 46.1 Å². The van der Waals surface area contributed by atoms with Gasteiger partial charge in [-0.15, -0.1) is 11.3 Å². The Labute approximate surface area is 162 Å². The second-order valence-corrected chi connectivity index (χ2v) is 7.47. The number of nitriles is 1. The van der Waals surface area contributed by atoms with E-state index in [-0.39, 0.29) is 11.0 Å². The second kappa shape index (κ2) is 8.30. The first-order valence-corrected chi connectivity index (χ1v) is 9.74. The topological polar surface area (TPSA) is 74.2 Å². The smallest absolute Gasteiger partial charge is 0.257 e. The van der Waals surface area contributed by atoms with Crippen molar-refractivity contribution in [1.29, 1.82) is 5.26 Å². The van der Waals surface area contributed by atoms with Gasteiger partial charge >= 0.3 is 0 Å². The average Bonchev–Trinajstić information content (AvgIpc) is 3.20. The number of thiocarbonyl (C=S) groups is 1. The fourth-order valence-electron chi connectivity index (χ4n) is 2.84. The SMILES string of the molecule is CCCOc1ccc(C(=O)NC(=S)Nc2sc3c(c2C#N)CCC3)cc1. The lowest BCUT2D eigenvalue weighted by Gasteiger charge is -2.09. The monoisotopic (exact) mass is 385 g/mol. The highest BCUT2D eigenvalue weighted by Gasteiger charge is 2.22. The molecule has 0 saturated heterocycles. The number of carbonyl (C=O) groups is 1. The van der Waals surface area contributed by atoms with E-state index < -0.39 is 0 Å². The summed E-state index contributed by atoms with van der Waals surface area (Å²) in [5, 5.41) is 16.0. The molecule has 0 bridgehead atoms. The first-order valence-electron chi connectivity index (χ1n) is 8.52. The molecule has 134 valence electrons. The maximum Gasteiger partial charge on any atom is 0.257 e. The van der Waals surface area contributed by atoms with Gasteiger partial charge in [0.25, 0.3) is 5.91 Å². The van der Waals surface area contributed by atoms with Crippen molar-refractivity contribution in [2.24, 2.45) is 0 Å². The Morgan fingerprint density at radius 3 is 2.81 bits per heavy atom. The van der Waals surface area contributed by atoms with Crippen LogP contribution in [0.15, 0.2) is 24.3 Å². The van der Waals surface area contributed by atoms with Gasteiger partial charge in [-0.1, -0.05) is 6.92 Å². The number of carbonyl (C=O) groups excluding carboxylic acids is 1. The zero-order valence-electron chi connectivity index (χ0n) is 14.4. The number of nitrogens with one attached hydrogen (secondary N) is 2. The fourth-order valence-corrected chi connectivity index (χ4v) is 4.35. The van der Waals surface area contributed by atoms with Crippen LogP contribution >= 0.6 is 23.6 Å². The van der Waals surface area contributed by atoms with Crippen molar-refractivity contribution in [2.75, 3.05) is 11.9 Å². The Morgan fingerprint density at radius 2 is 2.12 bits per heavy atom. The zero-order chi connectivity index (χ0) is 18.5. The van der Waals surface area contributed by atoms with Gasteiger partial charge in [0.1, 0.15) is 16.8 Å². The Balaban J connectivity index is 1.61. The highest BCUT2D eigenvalue weighted by atomic mass is 32.1. The summed E-state index contributed by atoms with van der Waals surface area (Å²) in [5.41, 5.74) is 2.26. The summed E-state index contributed by atoms with van der Waals surface area (Å²) >= 11 is 6.78. The van der Waals surface area contributed by atoms with Crippen LogP contribution in [-0.2, 0) is 12.8 Å². The Morgan fingerprint density at radius 1 is 1.35 bits per heavy atom. The third kappa shape index (κ3) is 4.03. The molecule has 1 heterocycles. The number of rotatable bonds is 5. The minimum Gasteiger partial charge on any atom is -0.494 e. The second-order valence-electron chi connectivity index (χ2n) is 5.95. The van der Waals surface area contributed by atoms with Crippen LogP contribution in [0.2, 0.25) is 0 Å². The van der Waals surface area contributed by atoms with Crippen molar-refractivity contribution in [3.63, 3.8) is 0 Å². The first kappa shape index (κ1) is 18.4. The van der Waals surface area contributed by atoms with Crippen molar-refractivity contribution in [3.05, 3.63) is 45.8 Å². The molecular formula is C19H19N3O2S2. The molecule has 1 aromatic carbocycles. The highest BCUT2D eigenvalue weighted by Crippen LogP contribution is 2.38. The number of fused-ring (bicyclic) bond motifs is 1. The van der Waals surface area contributed by atoms with Crippen molar-refractivity contribution >= 4 is 39.6 Å². The molecule has 1 aliphatic carbocycles. The molecule has 2 N–H and O–H groups in total. The average molecular weight is 386 g/mol. The van der Waals surface area contributed by atoms with Gasteiger partial charge in [-0.2, -0.15) is 5.26 Å². The van der Waals surface area contributed by atoms with Gasteiger partial charge in [-0.25, -0.2) is 0 Å². The van der Waals surface area contributed by atoms with E-state index in [4.69, 9.17) is 17.0 Å². The van der Waals surface area contributed by atoms with E-state index in [9.17, 15) is 10.1 Å². The number of amides is 1.